The van der Waals surface area contributed by atoms with Crippen LogP contribution < -0.4 is 4.90 Å². The summed E-state index contributed by atoms with van der Waals surface area (Å²) in [4.78, 5) is 4.71. The summed E-state index contributed by atoms with van der Waals surface area (Å²) in [7, 11) is 1.64. The second-order valence-electron chi connectivity index (χ2n) is 9.82. The van der Waals surface area contributed by atoms with Gasteiger partial charge in [-0.25, -0.2) is 0 Å². The monoisotopic (exact) mass is 465 g/mol. The largest absolute Gasteiger partial charge is 0.417 e. The molecule has 0 aromatic heterocycles. The highest BCUT2D eigenvalue weighted by atomic mass is 19.4. The second kappa shape index (κ2) is 10.2. The Kier molecular flexibility index (Phi) is 7.52. The van der Waals surface area contributed by atoms with Crippen molar-refractivity contribution in [3.05, 3.63) is 29.3 Å². The van der Waals surface area contributed by atoms with Crippen LogP contribution in [-0.4, -0.2) is 64.1 Å². The average Bonchev–Trinajstić information content (AvgIpc) is 3.45. The Balaban J connectivity index is 1.52. The minimum atomic E-state index is -4.55. The standard InChI is InChI=1S/C25H34F3N3O2/c1-32-12-13-33-17-20-16-31(22-7-6-19(15-29)23(14-22)25(26,27)28)18-24(20)8-10-30(11-9-24)21-4-2-3-5-21/h6-7,14,20-21H,2-5,8-13,16-18H2,1H3. The van der Waals surface area contributed by atoms with Crippen molar-refractivity contribution in [3.63, 3.8) is 0 Å². The molecular weight excluding hydrogens is 431 g/mol. The van der Waals surface area contributed by atoms with Crippen LogP contribution in [0.5, 0.6) is 0 Å². The van der Waals surface area contributed by atoms with Crippen molar-refractivity contribution in [3.8, 4) is 6.07 Å². The van der Waals surface area contributed by atoms with Gasteiger partial charge in [-0.15, -0.1) is 0 Å². The molecule has 8 heteroatoms. The Morgan fingerprint density at radius 1 is 1.15 bits per heavy atom. The number of hydrogen-bond donors (Lipinski definition) is 0. The number of hydrogen-bond acceptors (Lipinski definition) is 5. The number of nitrogens with zero attached hydrogens (tertiary/aromatic N) is 3. The van der Waals surface area contributed by atoms with Crippen LogP contribution in [0.25, 0.3) is 0 Å². The lowest BCUT2D eigenvalue weighted by Crippen LogP contribution is -2.48. The highest BCUT2D eigenvalue weighted by molar-refractivity contribution is 5.56. The molecular formula is C25H34F3N3O2. The molecule has 5 nitrogen and oxygen atoms in total. The summed E-state index contributed by atoms with van der Waals surface area (Å²) in [5.74, 6) is 0.255. The third-order valence-corrected chi connectivity index (χ3v) is 7.99. The fourth-order valence-corrected chi connectivity index (χ4v) is 6.06. The van der Waals surface area contributed by atoms with E-state index < -0.39 is 11.7 Å². The molecule has 0 bridgehead atoms. The van der Waals surface area contributed by atoms with E-state index in [0.29, 0.717) is 38.1 Å². The molecule has 0 amide bonds. The first-order valence-corrected chi connectivity index (χ1v) is 12.0. The number of anilines is 1. The molecule has 0 N–H and O–H groups in total. The smallest absolute Gasteiger partial charge is 0.382 e. The van der Waals surface area contributed by atoms with Crippen LogP contribution >= 0.6 is 0 Å². The summed E-state index contributed by atoms with van der Waals surface area (Å²) in [6.07, 6.45) is 2.74. The zero-order chi connectivity index (χ0) is 23.5. The fourth-order valence-electron chi connectivity index (χ4n) is 6.06. The van der Waals surface area contributed by atoms with Crippen LogP contribution in [0.15, 0.2) is 18.2 Å². The molecule has 2 aliphatic heterocycles. The van der Waals surface area contributed by atoms with E-state index in [1.165, 1.54) is 31.7 Å². The van der Waals surface area contributed by atoms with Gasteiger partial charge in [0.25, 0.3) is 0 Å². The highest BCUT2D eigenvalue weighted by Gasteiger charge is 2.49. The van der Waals surface area contributed by atoms with Gasteiger partial charge in [-0.1, -0.05) is 12.8 Å². The molecule has 1 atom stereocenters. The summed E-state index contributed by atoms with van der Waals surface area (Å²) >= 11 is 0. The summed E-state index contributed by atoms with van der Waals surface area (Å²) in [6.45, 7) is 5.14. The predicted molar refractivity (Wildman–Crippen MR) is 120 cm³/mol. The number of halogens is 3. The van der Waals surface area contributed by atoms with Crippen LogP contribution in [0, 0.1) is 22.7 Å². The van der Waals surface area contributed by atoms with Crippen LogP contribution in [0.2, 0.25) is 0 Å². The lowest BCUT2D eigenvalue weighted by molar-refractivity contribution is -0.137. The molecule has 1 saturated carbocycles. The molecule has 1 aromatic carbocycles. The molecule has 2 heterocycles. The molecule has 1 aromatic rings. The van der Waals surface area contributed by atoms with E-state index in [0.717, 1.165) is 38.5 Å². The minimum absolute atomic E-state index is 0.0362. The fraction of sp³-hybridized carbons (Fsp3) is 0.720. The van der Waals surface area contributed by atoms with Gasteiger partial charge in [0.05, 0.1) is 37.0 Å². The highest BCUT2D eigenvalue weighted by Crippen LogP contribution is 2.47. The van der Waals surface area contributed by atoms with Gasteiger partial charge in [0.1, 0.15) is 0 Å². The van der Waals surface area contributed by atoms with E-state index in [1.54, 1.807) is 19.2 Å². The first kappa shape index (κ1) is 24.3. The van der Waals surface area contributed by atoms with Gasteiger partial charge in [0, 0.05) is 37.8 Å². The number of alkyl halides is 3. The van der Waals surface area contributed by atoms with Gasteiger partial charge >= 0.3 is 6.18 Å². The van der Waals surface area contributed by atoms with Crippen molar-refractivity contribution in [2.24, 2.45) is 11.3 Å². The lowest BCUT2D eigenvalue weighted by atomic mass is 9.71. The normalized spacial score (nSPS) is 24.0. The lowest BCUT2D eigenvalue weighted by Gasteiger charge is -2.44. The van der Waals surface area contributed by atoms with Gasteiger partial charge in [-0.2, -0.15) is 18.4 Å². The summed E-state index contributed by atoms with van der Waals surface area (Å²) in [5, 5.41) is 9.14. The van der Waals surface area contributed by atoms with E-state index in [4.69, 9.17) is 14.7 Å². The molecule has 1 aliphatic carbocycles. The molecule has 4 rings (SSSR count). The SMILES string of the molecule is COCCOCC1CN(c2ccc(C#N)c(C(F)(F)F)c2)CC12CCN(C1CCCC1)CC2. The third kappa shape index (κ3) is 5.31. The molecule has 0 radical (unpaired) electrons. The second-order valence-corrected chi connectivity index (χ2v) is 9.82. The van der Waals surface area contributed by atoms with Gasteiger partial charge < -0.3 is 19.3 Å². The minimum Gasteiger partial charge on any atom is -0.382 e. The number of benzene rings is 1. The van der Waals surface area contributed by atoms with Crippen molar-refractivity contribution >= 4 is 5.69 Å². The molecule has 1 spiro atoms. The maximum atomic E-state index is 13.6. The topological polar surface area (TPSA) is 48.7 Å². The molecule has 33 heavy (non-hydrogen) atoms. The number of ether oxygens (including phenoxy) is 2. The van der Waals surface area contributed by atoms with Crippen LogP contribution in [-0.2, 0) is 15.7 Å². The Hall–Kier alpha value is -1.82. The zero-order valence-electron chi connectivity index (χ0n) is 19.4. The first-order valence-electron chi connectivity index (χ1n) is 12.0. The molecule has 3 aliphatic rings. The van der Waals surface area contributed by atoms with Crippen LogP contribution in [0.1, 0.15) is 49.7 Å². The number of nitriles is 1. The van der Waals surface area contributed by atoms with Crippen molar-refractivity contribution in [2.75, 3.05) is 58.0 Å². The average molecular weight is 466 g/mol. The zero-order valence-corrected chi connectivity index (χ0v) is 19.4. The Morgan fingerprint density at radius 2 is 1.88 bits per heavy atom. The van der Waals surface area contributed by atoms with E-state index in [9.17, 15) is 13.2 Å². The molecule has 182 valence electrons. The van der Waals surface area contributed by atoms with Crippen molar-refractivity contribution in [1.82, 2.24) is 4.90 Å². The summed E-state index contributed by atoms with van der Waals surface area (Å²) < 4.78 is 51.7. The van der Waals surface area contributed by atoms with Gasteiger partial charge in [-0.3, -0.25) is 0 Å². The van der Waals surface area contributed by atoms with Gasteiger partial charge in [0.2, 0.25) is 0 Å². The number of methoxy groups -OCH3 is 1. The van der Waals surface area contributed by atoms with Crippen molar-refractivity contribution < 1.29 is 22.6 Å². The van der Waals surface area contributed by atoms with E-state index >= 15 is 0 Å². The van der Waals surface area contributed by atoms with Crippen LogP contribution in [0.3, 0.4) is 0 Å². The quantitative estimate of drug-likeness (QED) is 0.547. The third-order valence-electron chi connectivity index (χ3n) is 7.99. The van der Waals surface area contributed by atoms with E-state index in [-0.39, 0.29) is 16.9 Å². The molecule has 2 saturated heterocycles. The Labute approximate surface area is 194 Å². The summed E-state index contributed by atoms with van der Waals surface area (Å²) in [6, 6.07) is 6.48. The first-order chi connectivity index (χ1) is 15.9. The molecule has 3 fully saturated rings. The van der Waals surface area contributed by atoms with Gasteiger partial charge in [-0.05, 0) is 62.4 Å². The maximum Gasteiger partial charge on any atom is 0.417 e. The number of likely N-dealkylation sites (tertiary alicyclic amines) is 1. The predicted octanol–water partition coefficient (Wildman–Crippen LogP) is 4.70. The van der Waals surface area contributed by atoms with Crippen molar-refractivity contribution in [1.29, 1.82) is 5.26 Å². The number of piperidine rings is 1. The van der Waals surface area contributed by atoms with Gasteiger partial charge in [0.15, 0.2) is 0 Å². The number of rotatable bonds is 7. The Morgan fingerprint density at radius 3 is 2.52 bits per heavy atom. The maximum absolute atomic E-state index is 13.6. The Bertz CT molecular complexity index is 840. The van der Waals surface area contributed by atoms with Crippen molar-refractivity contribution in [2.45, 2.75) is 50.7 Å². The van der Waals surface area contributed by atoms with E-state index in [2.05, 4.69) is 9.80 Å². The molecule has 1 unspecified atom stereocenters. The van der Waals surface area contributed by atoms with Crippen LogP contribution in [0.4, 0.5) is 18.9 Å². The van der Waals surface area contributed by atoms with E-state index in [1.807, 2.05) is 0 Å². The summed E-state index contributed by atoms with van der Waals surface area (Å²) in [5.41, 5.74) is -0.607.